The van der Waals surface area contributed by atoms with Crippen molar-refractivity contribution in [1.82, 2.24) is 10.6 Å². The first-order valence-electron chi connectivity index (χ1n) is 9.94. The first kappa shape index (κ1) is 26.2. The molecular formula is C22H32IN3O3S. The zero-order valence-electron chi connectivity index (χ0n) is 17.8. The van der Waals surface area contributed by atoms with Crippen molar-refractivity contribution in [2.24, 2.45) is 4.99 Å². The first-order valence-corrected chi connectivity index (χ1v) is 11.6. The molecule has 0 saturated carbocycles. The molecule has 1 atom stereocenters. The largest absolute Gasteiger partial charge is 0.497 e. The fraction of sp³-hybridized carbons (Fsp3) is 0.409. The second-order valence-electron chi connectivity index (χ2n) is 6.70. The second kappa shape index (κ2) is 13.5. The van der Waals surface area contributed by atoms with E-state index in [1.54, 1.807) is 31.4 Å². The van der Waals surface area contributed by atoms with E-state index in [0.717, 1.165) is 12.2 Å². The van der Waals surface area contributed by atoms with E-state index < -0.39 is 9.84 Å². The van der Waals surface area contributed by atoms with Crippen LogP contribution >= 0.6 is 24.0 Å². The van der Waals surface area contributed by atoms with Crippen LogP contribution in [0.5, 0.6) is 5.75 Å². The number of guanidine groups is 1. The lowest BCUT2D eigenvalue weighted by atomic mass is 10.1. The molecule has 166 valence electrons. The minimum Gasteiger partial charge on any atom is -0.497 e. The lowest BCUT2D eigenvalue weighted by Crippen LogP contribution is -2.46. The summed E-state index contributed by atoms with van der Waals surface area (Å²) in [7, 11) is -1.71. The third kappa shape index (κ3) is 8.51. The maximum absolute atomic E-state index is 12.7. The van der Waals surface area contributed by atoms with E-state index in [2.05, 4.69) is 15.6 Å². The minimum atomic E-state index is -3.36. The van der Waals surface area contributed by atoms with Gasteiger partial charge >= 0.3 is 0 Å². The van der Waals surface area contributed by atoms with E-state index >= 15 is 0 Å². The van der Waals surface area contributed by atoms with Crippen LogP contribution in [0.25, 0.3) is 0 Å². The van der Waals surface area contributed by atoms with Crippen molar-refractivity contribution in [3.63, 3.8) is 0 Å². The number of nitrogens with zero attached hydrogens (tertiary/aromatic N) is 1. The summed E-state index contributed by atoms with van der Waals surface area (Å²) in [5.41, 5.74) is 1.17. The number of halogens is 1. The number of benzene rings is 2. The Morgan fingerprint density at radius 2 is 1.73 bits per heavy atom. The maximum Gasteiger partial charge on any atom is 0.191 e. The summed E-state index contributed by atoms with van der Waals surface area (Å²) >= 11 is 0. The Kier molecular flexibility index (Phi) is 11.8. The van der Waals surface area contributed by atoms with Gasteiger partial charge in [-0.1, -0.05) is 37.3 Å². The third-order valence-electron chi connectivity index (χ3n) is 4.53. The van der Waals surface area contributed by atoms with Crippen LogP contribution in [0.15, 0.2) is 64.5 Å². The summed E-state index contributed by atoms with van der Waals surface area (Å²) in [5.74, 6) is 1.49. The molecular weight excluding hydrogens is 513 g/mol. The molecule has 30 heavy (non-hydrogen) atoms. The number of sulfone groups is 1. The molecule has 2 aromatic carbocycles. The molecule has 0 heterocycles. The van der Waals surface area contributed by atoms with Crippen LogP contribution in [0.2, 0.25) is 0 Å². The maximum atomic E-state index is 12.7. The second-order valence-corrected chi connectivity index (χ2v) is 8.74. The van der Waals surface area contributed by atoms with Gasteiger partial charge in [-0.2, -0.15) is 0 Å². The fourth-order valence-corrected chi connectivity index (χ4v) is 4.47. The van der Waals surface area contributed by atoms with Crippen molar-refractivity contribution in [1.29, 1.82) is 0 Å². The molecule has 0 bridgehead atoms. The third-order valence-corrected chi connectivity index (χ3v) is 6.36. The Bertz CT molecular complexity index is 872. The van der Waals surface area contributed by atoms with Crippen LogP contribution in [0.4, 0.5) is 0 Å². The van der Waals surface area contributed by atoms with E-state index in [1.807, 2.05) is 44.2 Å². The van der Waals surface area contributed by atoms with Crippen molar-refractivity contribution in [3.05, 3.63) is 60.2 Å². The van der Waals surface area contributed by atoms with E-state index in [4.69, 9.17) is 4.74 Å². The number of aliphatic imine (C=N–C) groups is 1. The van der Waals surface area contributed by atoms with Gasteiger partial charge in [0.15, 0.2) is 15.8 Å². The predicted octanol–water partition coefficient (Wildman–Crippen LogP) is 3.66. The highest BCUT2D eigenvalue weighted by molar-refractivity contribution is 14.0. The molecule has 0 aromatic heterocycles. The summed E-state index contributed by atoms with van der Waals surface area (Å²) in [6.07, 6.45) is 1.47. The Morgan fingerprint density at radius 1 is 1.07 bits per heavy atom. The van der Waals surface area contributed by atoms with Crippen LogP contribution in [0.3, 0.4) is 0 Å². The summed E-state index contributed by atoms with van der Waals surface area (Å²) in [6, 6.07) is 16.3. The van der Waals surface area contributed by atoms with Gasteiger partial charge in [0, 0.05) is 19.1 Å². The SMILES string of the molecule is CCNC(=NCCc1ccc(OC)cc1)NC(CC)CS(=O)(=O)c1ccccc1.I. The lowest BCUT2D eigenvalue weighted by molar-refractivity contribution is 0.414. The molecule has 0 saturated heterocycles. The topological polar surface area (TPSA) is 79.8 Å². The van der Waals surface area contributed by atoms with Crippen molar-refractivity contribution >= 4 is 39.8 Å². The molecule has 2 aromatic rings. The smallest absolute Gasteiger partial charge is 0.191 e. The highest BCUT2D eigenvalue weighted by atomic mass is 127. The van der Waals surface area contributed by atoms with Crippen LogP contribution in [-0.4, -0.2) is 46.4 Å². The van der Waals surface area contributed by atoms with Crippen LogP contribution < -0.4 is 15.4 Å². The van der Waals surface area contributed by atoms with Gasteiger partial charge in [0.05, 0.1) is 17.8 Å². The first-order chi connectivity index (χ1) is 14.0. The van der Waals surface area contributed by atoms with Crippen molar-refractivity contribution in [3.8, 4) is 5.75 Å². The highest BCUT2D eigenvalue weighted by Crippen LogP contribution is 2.13. The van der Waals surface area contributed by atoms with Crippen LogP contribution in [0.1, 0.15) is 25.8 Å². The molecule has 0 amide bonds. The number of hydrogen-bond donors (Lipinski definition) is 2. The zero-order chi connectivity index (χ0) is 21.1. The lowest BCUT2D eigenvalue weighted by Gasteiger charge is -2.20. The molecule has 0 spiro atoms. The van der Waals surface area contributed by atoms with Crippen molar-refractivity contribution < 1.29 is 13.2 Å². The standard InChI is InChI=1S/C22H31N3O3S.HI/c1-4-19(17-29(26,27)21-9-7-6-8-10-21)25-22(23-5-2)24-16-15-18-11-13-20(28-3)14-12-18;/h6-14,19H,4-5,15-17H2,1-3H3,(H2,23,24,25);1H. The molecule has 6 nitrogen and oxygen atoms in total. The van der Waals surface area contributed by atoms with Gasteiger partial charge in [-0.05, 0) is 49.6 Å². The number of hydrogen-bond acceptors (Lipinski definition) is 4. The van der Waals surface area contributed by atoms with Gasteiger partial charge in [-0.25, -0.2) is 8.42 Å². The Hall–Kier alpha value is -1.81. The van der Waals surface area contributed by atoms with E-state index in [-0.39, 0.29) is 35.8 Å². The Balaban J connectivity index is 0.00000450. The number of ether oxygens (including phenoxy) is 1. The normalized spacial score (nSPS) is 12.6. The highest BCUT2D eigenvalue weighted by Gasteiger charge is 2.20. The van der Waals surface area contributed by atoms with Gasteiger partial charge in [0.2, 0.25) is 0 Å². The molecule has 2 rings (SSSR count). The van der Waals surface area contributed by atoms with E-state index in [9.17, 15) is 8.42 Å². The van der Waals surface area contributed by atoms with Gasteiger partial charge in [-0.3, -0.25) is 4.99 Å². The van der Waals surface area contributed by atoms with Crippen molar-refractivity contribution in [2.75, 3.05) is 26.0 Å². The summed E-state index contributed by atoms with van der Waals surface area (Å²) in [5, 5.41) is 6.48. The zero-order valence-corrected chi connectivity index (χ0v) is 20.9. The summed E-state index contributed by atoms with van der Waals surface area (Å²) in [6.45, 7) is 5.27. The monoisotopic (exact) mass is 545 g/mol. The number of rotatable bonds is 10. The Labute approximate surface area is 197 Å². The average Bonchev–Trinajstić information content (AvgIpc) is 2.74. The van der Waals surface area contributed by atoms with Crippen LogP contribution in [-0.2, 0) is 16.3 Å². The van der Waals surface area contributed by atoms with E-state index in [0.29, 0.717) is 30.4 Å². The molecule has 1 unspecified atom stereocenters. The Morgan fingerprint density at radius 3 is 2.30 bits per heavy atom. The number of methoxy groups -OCH3 is 1. The molecule has 0 aliphatic rings. The predicted molar refractivity (Wildman–Crippen MR) is 134 cm³/mol. The molecule has 0 aliphatic heterocycles. The molecule has 8 heteroatoms. The molecule has 0 radical (unpaired) electrons. The van der Waals surface area contributed by atoms with Gasteiger partial charge in [0.1, 0.15) is 5.75 Å². The minimum absolute atomic E-state index is 0. The average molecular weight is 545 g/mol. The van der Waals surface area contributed by atoms with E-state index in [1.165, 1.54) is 5.56 Å². The van der Waals surface area contributed by atoms with Gasteiger partial charge in [0.25, 0.3) is 0 Å². The van der Waals surface area contributed by atoms with Gasteiger partial charge < -0.3 is 15.4 Å². The fourth-order valence-electron chi connectivity index (χ4n) is 2.85. The van der Waals surface area contributed by atoms with Crippen molar-refractivity contribution in [2.45, 2.75) is 37.6 Å². The molecule has 0 aliphatic carbocycles. The quantitative estimate of drug-likeness (QED) is 0.271. The summed E-state index contributed by atoms with van der Waals surface area (Å²) in [4.78, 5) is 4.96. The molecule has 0 fully saturated rings. The summed E-state index contributed by atoms with van der Waals surface area (Å²) < 4.78 is 30.5. The number of nitrogens with one attached hydrogen (secondary N) is 2. The molecule has 2 N–H and O–H groups in total. The van der Waals surface area contributed by atoms with Gasteiger partial charge in [-0.15, -0.1) is 24.0 Å². The van der Waals surface area contributed by atoms with Crippen LogP contribution in [0, 0.1) is 0 Å².